The van der Waals surface area contributed by atoms with Gasteiger partial charge in [0, 0.05) is 37.6 Å². The van der Waals surface area contributed by atoms with Crippen molar-refractivity contribution in [3.63, 3.8) is 0 Å². The summed E-state index contributed by atoms with van der Waals surface area (Å²) in [6, 6.07) is 5.53. The average Bonchev–Trinajstić information content (AvgIpc) is 4.19. The van der Waals surface area contributed by atoms with Crippen LogP contribution < -0.4 is 10.6 Å². The second-order valence-corrected chi connectivity index (χ2v) is 18.9. The van der Waals surface area contributed by atoms with Gasteiger partial charge >= 0.3 is 11.9 Å². The van der Waals surface area contributed by atoms with E-state index in [-0.39, 0.29) is 57.2 Å². The molecule has 7 N–H and O–H groups in total. The zero-order chi connectivity index (χ0) is 44.8. The molecule has 19 nitrogen and oxygen atoms in total. The molecule has 0 aromatic heterocycles. The van der Waals surface area contributed by atoms with E-state index in [1.807, 2.05) is 24.3 Å². The van der Waals surface area contributed by atoms with Crippen molar-refractivity contribution in [3.05, 3.63) is 41.5 Å². The number of benzene rings is 1. The van der Waals surface area contributed by atoms with E-state index in [9.17, 15) is 44.7 Å². The van der Waals surface area contributed by atoms with Crippen molar-refractivity contribution >= 4 is 29.8 Å². The minimum absolute atomic E-state index is 0.000218. The lowest BCUT2D eigenvalue weighted by Crippen LogP contribution is -2.69. The zero-order valence-electron chi connectivity index (χ0n) is 35.8. The summed E-state index contributed by atoms with van der Waals surface area (Å²) >= 11 is 0. The fourth-order valence-electron chi connectivity index (χ4n) is 9.83. The number of fused-ring (bicyclic) bond motifs is 4. The van der Waals surface area contributed by atoms with E-state index in [0.717, 1.165) is 36.8 Å². The molecular weight excluding hydrogens is 826 g/mol. The molecule has 19 heteroatoms. The standard InChI is InChI=1S/C44H61N3O16/c1-42(2,3)60-31(51)14-13-27(21-48)46-30(50)15-16-45-41(56)43-19-28-35-36(62-44(61-35,25-9-10-25)26-11-12-26)38(43)63-47(37(43)39(55)58-28)20-24-7-4-6-23(18-24)8-5-17-57-40-34(54)33(53)32(52)29(22-49)59-40/h4-8,18,25-29,32-38,40,48-49,52-54H,9-17,19-22H2,1-3H3,(H,45,56)(H,46,50)/t27-,28+,29+,32-,33-,34+,35-,36-,37-,38+,40-,43-/m0/s1. The molecule has 1 aromatic rings. The number of hydroxylamine groups is 2. The van der Waals surface area contributed by atoms with Gasteiger partial charge in [-0.05, 0) is 64.0 Å². The zero-order valence-corrected chi connectivity index (χ0v) is 35.8. The van der Waals surface area contributed by atoms with Gasteiger partial charge in [-0.1, -0.05) is 36.4 Å². The molecule has 1 aromatic carbocycles. The highest BCUT2D eigenvalue weighted by molar-refractivity contribution is 5.94. The van der Waals surface area contributed by atoms with Crippen molar-refractivity contribution in [3.8, 4) is 0 Å². The van der Waals surface area contributed by atoms with Crippen LogP contribution in [-0.2, 0) is 59.0 Å². The number of amides is 2. The van der Waals surface area contributed by atoms with Crippen LogP contribution in [0, 0.1) is 17.3 Å². The monoisotopic (exact) mass is 887 g/mol. The third-order valence-corrected chi connectivity index (χ3v) is 13.1. The number of rotatable bonds is 18. The fraction of sp³-hybridized carbons (Fsp3) is 0.727. The quantitative estimate of drug-likeness (QED) is 0.0936. The van der Waals surface area contributed by atoms with Crippen LogP contribution in [0.2, 0.25) is 0 Å². The van der Waals surface area contributed by atoms with Crippen molar-refractivity contribution in [2.24, 2.45) is 17.3 Å². The first-order chi connectivity index (χ1) is 30.1. The largest absolute Gasteiger partial charge is 0.460 e. The van der Waals surface area contributed by atoms with Gasteiger partial charge in [-0.3, -0.25) is 24.0 Å². The number of nitrogens with zero attached hydrogens (tertiary/aromatic N) is 1. The summed E-state index contributed by atoms with van der Waals surface area (Å²) in [5.41, 5.74) is -0.630. The molecule has 348 valence electrons. The number of hydrogen-bond acceptors (Lipinski definition) is 17. The first kappa shape index (κ1) is 45.9. The molecule has 0 radical (unpaired) electrons. The molecule has 2 amide bonds. The van der Waals surface area contributed by atoms with Gasteiger partial charge in [-0.2, -0.15) is 5.06 Å². The van der Waals surface area contributed by atoms with E-state index in [2.05, 4.69) is 10.6 Å². The van der Waals surface area contributed by atoms with Gasteiger partial charge in [0.05, 0.1) is 32.4 Å². The Kier molecular flexibility index (Phi) is 13.4. The highest BCUT2D eigenvalue weighted by Crippen LogP contribution is 2.63. The Morgan fingerprint density at radius 2 is 1.73 bits per heavy atom. The maximum Gasteiger partial charge on any atom is 0.327 e. The Bertz CT molecular complexity index is 1870. The minimum atomic E-state index is -1.56. The fourth-order valence-corrected chi connectivity index (χ4v) is 9.83. The lowest BCUT2D eigenvalue weighted by molar-refractivity contribution is -0.298. The highest BCUT2D eigenvalue weighted by Gasteiger charge is 2.78. The van der Waals surface area contributed by atoms with Gasteiger partial charge in [-0.15, -0.1) is 0 Å². The van der Waals surface area contributed by atoms with Crippen molar-refractivity contribution in [2.45, 2.75) is 157 Å². The van der Waals surface area contributed by atoms with Crippen LogP contribution in [0.15, 0.2) is 30.3 Å². The predicted octanol–water partition coefficient (Wildman–Crippen LogP) is -0.278. The highest BCUT2D eigenvalue weighted by atomic mass is 16.8. The van der Waals surface area contributed by atoms with Crippen molar-refractivity contribution < 1.29 is 78.0 Å². The summed E-state index contributed by atoms with van der Waals surface area (Å²) in [4.78, 5) is 60.8. The summed E-state index contributed by atoms with van der Waals surface area (Å²) in [7, 11) is 0. The van der Waals surface area contributed by atoms with Crippen LogP contribution in [-0.4, -0.2) is 159 Å². The minimum Gasteiger partial charge on any atom is -0.460 e. The van der Waals surface area contributed by atoms with E-state index in [1.165, 1.54) is 5.06 Å². The number of ether oxygens (including phenoxy) is 6. The lowest BCUT2D eigenvalue weighted by Gasteiger charge is -2.48. The summed E-state index contributed by atoms with van der Waals surface area (Å²) in [6.07, 6.45) is -2.60. The van der Waals surface area contributed by atoms with Crippen LogP contribution in [0.3, 0.4) is 0 Å². The topological polar surface area (TPSA) is 261 Å². The smallest absolute Gasteiger partial charge is 0.327 e. The summed E-state index contributed by atoms with van der Waals surface area (Å²) in [6.45, 7) is 4.26. The SMILES string of the molecule is CC(C)(C)OC(=O)CC[C@@H](CO)NC(=O)CCNC(=O)[C@@]12C[C@H]3OC(=O)[C@@H]1N(Cc1cccc(C=CCO[C@H]4O[C@H](CO)[C@H](O)[C@H](O)[C@H]4O)c1)O[C@@H]2[C@H]1OC(C2CC2)(C2CC2)O[C@H]13. The van der Waals surface area contributed by atoms with E-state index < -0.39 is 121 Å². The second-order valence-electron chi connectivity index (χ2n) is 18.9. The molecule has 7 aliphatic rings. The molecule has 12 atom stereocenters. The molecule has 3 aliphatic carbocycles. The van der Waals surface area contributed by atoms with E-state index in [1.54, 1.807) is 32.9 Å². The van der Waals surface area contributed by atoms with Crippen LogP contribution in [0.4, 0.5) is 0 Å². The maximum absolute atomic E-state index is 14.7. The van der Waals surface area contributed by atoms with Crippen molar-refractivity contribution in [1.29, 1.82) is 0 Å². The molecule has 7 fully saturated rings. The normalized spacial score (nSPS) is 35.2. The number of esters is 2. The lowest BCUT2D eigenvalue weighted by atomic mass is 9.62. The van der Waals surface area contributed by atoms with Crippen LogP contribution in [0.1, 0.15) is 83.3 Å². The second kappa shape index (κ2) is 18.4. The van der Waals surface area contributed by atoms with E-state index in [4.69, 9.17) is 33.3 Å². The van der Waals surface area contributed by atoms with Gasteiger partial charge in [0.15, 0.2) is 18.1 Å². The first-order valence-corrected chi connectivity index (χ1v) is 22.1. The number of aliphatic hydroxyl groups excluding tert-OH is 5. The molecule has 3 saturated carbocycles. The Balaban J connectivity index is 0.954. The third kappa shape index (κ3) is 9.42. The molecule has 2 bridgehead atoms. The molecule has 4 aliphatic heterocycles. The number of hydrogen-bond donors (Lipinski definition) is 7. The van der Waals surface area contributed by atoms with Gasteiger partial charge in [-0.25, -0.2) is 0 Å². The molecule has 4 heterocycles. The number of nitrogens with one attached hydrogen (secondary N) is 2. The van der Waals surface area contributed by atoms with Gasteiger partial charge in [0.1, 0.15) is 59.8 Å². The Hall–Kier alpha value is -3.60. The molecule has 4 saturated heterocycles. The number of carbonyl (C=O) groups excluding carboxylic acids is 4. The predicted molar refractivity (Wildman–Crippen MR) is 216 cm³/mol. The molecule has 0 spiro atoms. The van der Waals surface area contributed by atoms with E-state index >= 15 is 0 Å². The van der Waals surface area contributed by atoms with E-state index in [0.29, 0.717) is 0 Å². The molecule has 63 heavy (non-hydrogen) atoms. The van der Waals surface area contributed by atoms with Crippen LogP contribution in [0.5, 0.6) is 0 Å². The Morgan fingerprint density at radius 3 is 2.41 bits per heavy atom. The number of carbonyl (C=O) groups is 4. The summed E-state index contributed by atoms with van der Waals surface area (Å²) < 4.78 is 36.2. The number of aliphatic hydroxyl groups is 5. The van der Waals surface area contributed by atoms with Gasteiger partial charge < -0.3 is 64.6 Å². The maximum atomic E-state index is 14.7. The molecule has 8 rings (SSSR count). The summed E-state index contributed by atoms with van der Waals surface area (Å²) in [5, 5.41) is 56.9. The van der Waals surface area contributed by atoms with Crippen molar-refractivity contribution in [1.82, 2.24) is 15.7 Å². The molecule has 0 unspecified atom stereocenters. The summed E-state index contributed by atoms with van der Waals surface area (Å²) in [5.74, 6) is -2.43. The first-order valence-electron chi connectivity index (χ1n) is 22.1. The van der Waals surface area contributed by atoms with Crippen molar-refractivity contribution in [2.75, 3.05) is 26.4 Å². The average molecular weight is 888 g/mol. The van der Waals surface area contributed by atoms with Gasteiger partial charge in [0.25, 0.3) is 0 Å². The van der Waals surface area contributed by atoms with Crippen LogP contribution in [0.25, 0.3) is 6.08 Å². The molecular formula is C44H61N3O16. The van der Waals surface area contributed by atoms with Gasteiger partial charge in [0.2, 0.25) is 11.8 Å². The Morgan fingerprint density at radius 1 is 1.00 bits per heavy atom. The van der Waals surface area contributed by atoms with Crippen LogP contribution >= 0.6 is 0 Å². The third-order valence-electron chi connectivity index (χ3n) is 13.1. The Labute approximate surface area is 365 Å².